The van der Waals surface area contributed by atoms with Crippen LogP contribution >= 0.6 is 11.3 Å². The van der Waals surface area contributed by atoms with Gasteiger partial charge in [-0.15, -0.1) is 11.3 Å². The summed E-state index contributed by atoms with van der Waals surface area (Å²) in [6, 6.07) is 5.41. The molecule has 2 heterocycles. The number of hydrogen-bond acceptors (Lipinski definition) is 4. The predicted molar refractivity (Wildman–Crippen MR) is 79.0 cm³/mol. The highest BCUT2D eigenvalue weighted by molar-refractivity contribution is 7.10. The molecule has 18 heavy (non-hydrogen) atoms. The maximum absolute atomic E-state index is 6.03. The summed E-state index contributed by atoms with van der Waals surface area (Å²) < 4.78 is 0. The zero-order chi connectivity index (χ0) is 13.0. The fraction of sp³-hybridized carbons (Fsp3) is 0.714. The molecule has 2 rings (SSSR count). The van der Waals surface area contributed by atoms with Gasteiger partial charge in [-0.05, 0) is 24.4 Å². The van der Waals surface area contributed by atoms with Gasteiger partial charge in [0, 0.05) is 37.1 Å². The molecule has 0 amide bonds. The van der Waals surface area contributed by atoms with E-state index in [2.05, 4.69) is 41.2 Å². The van der Waals surface area contributed by atoms with Crippen LogP contribution in [0.2, 0.25) is 0 Å². The lowest BCUT2D eigenvalue weighted by Gasteiger charge is -2.44. The van der Waals surface area contributed by atoms with E-state index in [0.717, 1.165) is 19.6 Å². The van der Waals surface area contributed by atoms with Crippen molar-refractivity contribution in [2.45, 2.75) is 32.4 Å². The number of nitrogens with zero attached hydrogens (tertiary/aromatic N) is 2. The van der Waals surface area contributed by atoms with E-state index in [-0.39, 0.29) is 0 Å². The third-order valence-corrected chi connectivity index (χ3v) is 5.00. The maximum atomic E-state index is 6.03. The smallest absolute Gasteiger partial charge is 0.0567 e. The highest BCUT2D eigenvalue weighted by atomic mass is 32.1. The first kappa shape index (κ1) is 14.0. The Hall–Kier alpha value is -0.420. The molecule has 1 aromatic heterocycles. The van der Waals surface area contributed by atoms with Gasteiger partial charge < -0.3 is 10.6 Å². The molecule has 0 spiro atoms. The second-order valence-corrected chi connectivity index (χ2v) is 5.94. The van der Waals surface area contributed by atoms with Crippen LogP contribution < -0.4 is 5.73 Å². The maximum Gasteiger partial charge on any atom is 0.0567 e. The Bertz CT molecular complexity index is 339. The standard InChI is InChI=1S/C14H25N3S/c1-3-12-11-16(4-2)7-8-17(12)13(10-15)14-6-5-9-18-14/h5-6,9,12-13H,3-4,7-8,10-11,15H2,1-2H3. The number of piperazine rings is 1. The first-order chi connectivity index (χ1) is 8.80. The fourth-order valence-corrected chi connectivity index (χ4v) is 3.75. The van der Waals surface area contributed by atoms with Gasteiger partial charge in [-0.1, -0.05) is 19.9 Å². The van der Waals surface area contributed by atoms with Crippen molar-refractivity contribution in [3.05, 3.63) is 22.4 Å². The van der Waals surface area contributed by atoms with Crippen LogP contribution in [0.1, 0.15) is 31.2 Å². The van der Waals surface area contributed by atoms with Gasteiger partial charge in [0.05, 0.1) is 6.04 Å². The van der Waals surface area contributed by atoms with E-state index in [4.69, 9.17) is 5.73 Å². The number of rotatable bonds is 5. The monoisotopic (exact) mass is 267 g/mol. The van der Waals surface area contributed by atoms with Crippen molar-refractivity contribution in [2.24, 2.45) is 5.73 Å². The number of hydrogen-bond donors (Lipinski definition) is 1. The van der Waals surface area contributed by atoms with Crippen LogP contribution in [0.25, 0.3) is 0 Å². The van der Waals surface area contributed by atoms with Crippen molar-refractivity contribution in [3.63, 3.8) is 0 Å². The van der Waals surface area contributed by atoms with Crippen molar-refractivity contribution in [1.82, 2.24) is 9.80 Å². The van der Waals surface area contributed by atoms with E-state index in [1.54, 1.807) is 0 Å². The van der Waals surface area contributed by atoms with Gasteiger partial charge in [-0.2, -0.15) is 0 Å². The lowest BCUT2D eigenvalue weighted by molar-refractivity contribution is 0.0439. The molecule has 0 aliphatic carbocycles. The van der Waals surface area contributed by atoms with Gasteiger partial charge in [0.15, 0.2) is 0 Å². The molecule has 0 radical (unpaired) electrons. The lowest BCUT2D eigenvalue weighted by atomic mass is 10.0. The first-order valence-corrected chi connectivity index (χ1v) is 7.89. The summed E-state index contributed by atoms with van der Waals surface area (Å²) in [4.78, 5) is 6.59. The highest BCUT2D eigenvalue weighted by Crippen LogP contribution is 2.28. The minimum absolute atomic E-state index is 0.411. The van der Waals surface area contributed by atoms with Gasteiger partial charge in [-0.25, -0.2) is 0 Å². The van der Waals surface area contributed by atoms with Gasteiger partial charge in [0.25, 0.3) is 0 Å². The normalized spacial score (nSPS) is 24.3. The minimum Gasteiger partial charge on any atom is -0.329 e. The summed E-state index contributed by atoms with van der Waals surface area (Å²) >= 11 is 1.83. The molecule has 102 valence electrons. The van der Waals surface area contributed by atoms with Gasteiger partial charge >= 0.3 is 0 Å². The Morgan fingerprint density at radius 3 is 2.83 bits per heavy atom. The van der Waals surface area contributed by atoms with Gasteiger partial charge in [0.1, 0.15) is 0 Å². The molecular weight excluding hydrogens is 242 g/mol. The van der Waals surface area contributed by atoms with Crippen LogP contribution in [0.4, 0.5) is 0 Å². The summed E-state index contributed by atoms with van der Waals surface area (Å²) in [6.07, 6.45) is 1.21. The topological polar surface area (TPSA) is 32.5 Å². The SMILES string of the molecule is CCC1CN(CC)CCN1C(CN)c1cccs1. The van der Waals surface area contributed by atoms with Crippen molar-refractivity contribution < 1.29 is 0 Å². The zero-order valence-corrected chi connectivity index (χ0v) is 12.3. The zero-order valence-electron chi connectivity index (χ0n) is 11.5. The highest BCUT2D eigenvalue weighted by Gasteiger charge is 2.30. The van der Waals surface area contributed by atoms with Crippen LogP contribution in [0, 0.1) is 0 Å². The van der Waals surface area contributed by atoms with Gasteiger partial charge in [0.2, 0.25) is 0 Å². The summed E-state index contributed by atoms with van der Waals surface area (Å²) in [5, 5.41) is 2.15. The van der Waals surface area contributed by atoms with Gasteiger partial charge in [-0.3, -0.25) is 4.90 Å². The van der Waals surface area contributed by atoms with Crippen molar-refractivity contribution in [3.8, 4) is 0 Å². The molecule has 3 nitrogen and oxygen atoms in total. The van der Waals surface area contributed by atoms with Crippen LogP contribution in [-0.4, -0.2) is 48.6 Å². The summed E-state index contributed by atoms with van der Waals surface area (Å²) in [6.45, 7) is 9.94. The summed E-state index contributed by atoms with van der Waals surface area (Å²) in [5.74, 6) is 0. The molecule has 0 aromatic carbocycles. The first-order valence-electron chi connectivity index (χ1n) is 7.01. The molecule has 2 unspecified atom stereocenters. The quantitative estimate of drug-likeness (QED) is 0.887. The van der Waals surface area contributed by atoms with E-state index in [1.165, 1.54) is 24.4 Å². The summed E-state index contributed by atoms with van der Waals surface area (Å²) in [7, 11) is 0. The minimum atomic E-state index is 0.411. The van der Waals surface area contributed by atoms with Crippen LogP contribution in [-0.2, 0) is 0 Å². The van der Waals surface area contributed by atoms with Crippen LogP contribution in [0.5, 0.6) is 0 Å². The Morgan fingerprint density at radius 1 is 1.44 bits per heavy atom. The van der Waals surface area contributed by atoms with Crippen LogP contribution in [0.15, 0.2) is 17.5 Å². The molecule has 1 aromatic rings. The molecular formula is C14H25N3S. The van der Waals surface area contributed by atoms with Crippen molar-refractivity contribution >= 4 is 11.3 Å². The second-order valence-electron chi connectivity index (χ2n) is 4.96. The van der Waals surface area contributed by atoms with E-state index < -0.39 is 0 Å². The second kappa shape index (κ2) is 6.66. The van der Waals surface area contributed by atoms with Crippen molar-refractivity contribution in [2.75, 3.05) is 32.7 Å². The number of likely N-dealkylation sites (N-methyl/N-ethyl adjacent to an activating group) is 1. The largest absolute Gasteiger partial charge is 0.329 e. The number of thiophene rings is 1. The van der Waals surface area contributed by atoms with Crippen LogP contribution in [0.3, 0.4) is 0 Å². The Kier molecular flexibility index (Phi) is 5.18. The molecule has 1 aliphatic heterocycles. The Balaban J connectivity index is 2.10. The number of nitrogens with two attached hydrogens (primary N) is 1. The predicted octanol–water partition coefficient (Wildman–Crippen LogP) is 2.16. The molecule has 0 bridgehead atoms. The molecule has 1 saturated heterocycles. The van der Waals surface area contributed by atoms with Crippen molar-refractivity contribution in [1.29, 1.82) is 0 Å². The molecule has 0 saturated carbocycles. The van der Waals surface area contributed by atoms with E-state index in [0.29, 0.717) is 12.1 Å². The molecule has 2 atom stereocenters. The molecule has 2 N–H and O–H groups in total. The lowest BCUT2D eigenvalue weighted by Crippen LogP contribution is -2.54. The average molecular weight is 267 g/mol. The Morgan fingerprint density at radius 2 is 2.28 bits per heavy atom. The fourth-order valence-electron chi connectivity index (χ4n) is 2.89. The molecule has 4 heteroatoms. The van der Waals surface area contributed by atoms with E-state index in [1.807, 2.05) is 11.3 Å². The average Bonchev–Trinajstić information content (AvgIpc) is 2.94. The van der Waals surface area contributed by atoms with E-state index >= 15 is 0 Å². The summed E-state index contributed by atoms with van der Waals surface area (Å²) in [5.41, 5.74) is 6.03. The third-order valence-electron chi connectivity index (χ3n) is 4.03. The Labute approximate surface area is 115 Å². The van der Waals surface area contributed by atoms with E-state index in [9.17, 15) is 0 Å². The molecule has 1 fully saturated rings. The third kappa shape index (κ3) is 2.94. The molecule has 1 aliphatic rings.